The maximum absolute atomic E-state index is 12.3. The Morgan fingerprint density at radius 2 is 2.10 bits per heavy atom. The summed E-state index contributed by atoms with van der Waals surface area (Å²) in [6.45, 7) is 3.40. The number of carbonyl (C=O) groups excluding carboxylic acids is 1. The fourth-order valence-electron chi connectivity index (χ4n) is 3.10. The summed E-state index contributed by atoms with van der Waals surface area (Å²) in [6.07, 6.45) is 4.48. The summed E-state index contributed by atoms with van der Waals surface area (Å²) in [4.78, 5) is 25.2. The van der Waals surface area contributed by atoms with E-state index in [9.17, 15) is 9.59 Å². The molecular weight excluding hydrogens is 260 g/mol. The number of carbonyl (C=O) groups is 2. The summed E-state index contributed by atoms with van der Waals surface area (Å²) < 4.78 is 5.34. The first kappa shape index (κ1) is 15.3. The molecule has 2 fully saturated rings. The van der Waals surface area contributed by atoms with Crippen molar-refractivity contribution in [1.29, 1.82) is 0 Å². The molecule has 0 aromatic rings. The fourth-order valence-corrected chi connectivity index (χ4v) is 3.10. The van der Waals surface area contributed by atoms with Crippen LogP contribution in [0.2, 0.25) is 0 Å². The van der Waals surface area contributed by atoms with Crippen LogP contribution in [-0.4, -0.2) is 59.8 Å². The Morgan fingerprint density at radius 3 is 2.75 bits per heavy atom. The molecule has 2 aliphatic rings. The average Bonchev–Trinajstić information content (AvgIpc) is 2.90. The van der Waals surface area contributed by atoms with E-state index in [0.717, 1.165) is 12.8 Å². The van der Waals surface area contributed by atoms with Gasteiger partial charge in [0.2, 0.25) is 5.91 Å². The van der Waals surface area contributed by atoms with Crippen LogP contribution >= 0.6 is 0 Å². The van der Waals surface area contributed by atoms with Crippen molar-refractivity contribution >= 4 is 11.9 Å². The third-order valence-electron chi connectivity index (χ3n) is 4.26. The van der Waals surface area contributed by atoms with E-state index in [1.807, 2.05) is 11.8 Å². The molecule has 114 valence electrons. The summed E-state index contributed by atoms with van der Waals surface area (Å²) in [6, 6.07) is -0.224. The molecule has 0 aromatic carbocycles. The van der Waals surface area contributed by atoms with Gasteiger partial charge in [0.15, 0.2) is 0 Å². The first-order chi connectivity index (χ1) is 9.58. The highest BCUT2D eigenvalue weighted by molar-refractivity contribution is 5.81. The number of aliphatic carboxylic acids is 1. The highest BCUT2D eigenvalue weighted by Gasteiger charge is 2.33. The fraction of sp³-hybridized carbons (Fsp3) is 0.857. The predicted octanol–water partition coefficient (Wildman–Crippen LogP) is 0.609. The molecule has 1 amide bonds. The monoisotopic (exact) mass is 284 g/mol. The molecule has 1 aliphatic heterocycles. The number of carboxylic acid groups (broad SMARTS) is 1. The number of ether oxygens (including phenoxy) is 1. The van der Waals surface area contributed by atoms with Gasteiger partial charge >= 0.3 is 5.97 Å². The predicted molar refractivity (Wildman–Crippen MR) is 73.4 cm³/mol. The SMILES string of the molecule is CC(C(=O)NC1CCCC1)N1CCOCC1CC(=O)O. The number of hydrogen-bond donors (Lipinski definition) is 2. The zero-order valence-corrected chi connectivity index (χ0v) is 12.0. The van der Waals surface area contributed by atoms with E-state index < -0.39 is 5.97 Å². The lowest BCUT2D eigenvalue weighted by atomic mass is 10.1. The van der Waals surface area contributed by atoms with Gasteiger partial charge in [-0.3, -0.25) is 14.5 Å². The molecule has 2 unspecified atom stereocenters. The van der Waals surface area contributed by atoms with Crippen LogP contribution in [0, 0.1) is 0 Å². The molecule has 20 heavy (non-hydrogen) atoms. The topological polar surface area (TPSA) is 78.9 Å². The first-order valence-corrected chi connectivity index (χ1v) is 7.43. The minimum absolute atomic E-state index is 0.00851. The standard InChI is InChI=1S/C14H24N2O4/c1-10(14(19)15-11-4-2-3-5-11)16-6-7-20-9-12(16)8-13(17)18/h10-12H,2-9H2,1H3,(H,15,19)(H,17,18). The Labute approximate surface area is 119 Å². The molecule has 2 atom stereocenters. The molecule has 0 spiro atoms. The van der Waals surface area contributed by atoms with E-state index in [0.29, 0.717) is 25.8 Å². The van der Waals surface area contributed by atoms with E-state index in [-0.39, 0.29) is 24.4 Å². The number of nitrogens with zero attached hydrogens (tertiary/aromatic N) is 1. The maximum Gasteiger partial charge on any atom is 0.305 e. The lowest BCUT2D eigenvalue weighted by Gasteiger charge is -2.38. The van der Waals surface area contributed by atoms with E-state index in [4.69, 9.17) is 9.84 Å². The molecule has 1 aliphatic carbocycles. The Kier molecular flexibility index (Phi) is 5.37. The summed E-state index contributed by atoms with van der Waals surface area (Å²) in [5, 5.41) is 12.0. The molecule has 6 nitrogen and oxygen atoms in total. The van der Waals surface area contributed by atoms with Gasteiger partial charge in [-0.1, -0.05) is 12.8 Å². The van der Waals surface area contributed by atoms with Gasteiger partial charge in [-0.05, 0) is 19.8 Å². The third-order valence-corrected chi connectivity index (χ3v) is 4.26. The van der Waals surface area contributed by atoms with Crippen molar-refractivity contribution in [3.8, 4) is 0 Å². The molecule has 6 heteroatoms. The smallest absolute Gasteiger partial charge is 0.305 e. The van der Waals surface area contributed by atoms with Crippen LogP contribution in [0.4, 0.5) is 0 Å². The number of hydrogen-bond acceptors (Lipinski definition) is 4. The molecule has 1 heterocycles. The van der Waals surface area contributed by atoms with Gasteiger partial charge in [-0.15, -0.1) is 0 Å². The van der Waals surface area contributed by atoms with E-state index in [2.05, 4.69) is 5.32 Å². The van der Waals surface area contributed by atoms with Crippen molar-refractivity contribution in [2.45, 2.75) is 57.2 Å². The zero-order chi connectivity index (χ0) is 14.5. The van der Waals surface area contributed by atoms with Gasteiger partial charge in [0.05, 0.1) is 25.7 Å². The molecule has 0 bridgehead atoms. The summed E-state index contributed by atoms with van der Waals surface area (Å²) in [7, 11) is 0. The van der Waals surface area contributed by atoms with Gasteiger partial charge in [0.1, 0.15) is 0 Å². The largest absolute Gasteiger partial charge is 0.481 e. The lowest BCUT2D eigenvalue weighted by molar-refractivity contribution is -0.143. The van der Waals surface area contributed by atoms with Gasteiger partial charge < -0.3 is 15.2 Å². The normalized spacial score (nSPS) is 26.4. The number of nitrogens with one attached hydrogen (secondary N) is 1. The van der Waals surface area contributed by atoms with E-state index >= 15 is 0 Å². The van der Waals surface area contributed by atoms with Crippen LogP contribution in [0.25, 0.3) is 0 Å². The number of amides is 1. The second-order valence-electron chi connectivity index (χ2n) is 5.73. The molecular formula is C14H24N2O4. The van der Waals surface area contributed by atoms with Crippen LogP contribution in [0.1, 0.15) is 39.0 Å². The highest BCUT2D eigenvalue weighted by atomic mass is 16.5. The van der Waals surface area contributed by atoms with Crippen molar-refractivity contribution in [3.63, 3.8) is 0 Å². The second kappa shape index (κ2) is 7.04. The van der Waals surface area contributed by atoms with Crippen molar-refractivity contribution in [2.24, 2.45) is 0 Å². The van der Waals surface area contributed by atoms with Crippen molar-refractivity contribution in [2.75, 3.05) is 19.8 Å². The summed E-state index contributed by atoms with van der Waals surface area (Å²) >= 11 is 0. The number of carboxylic acids is 1. The minimum atomic E-state index is -0.853. The van der Waals surface area contributed by atoms with Crippen molar-refractivity contribution in [1.82, 2.24) is 10.2 Å². The quantitative estimate of drug-likeness (QED) is 0.773. The molecule has 0 aromatic heterocycles. The maximum atomic E-state index is 12.3. The third kappa shape index (κ3) is 3.93. The lowest BCUT2D eigenvalue weighted by Crippen LogP contribution is -2.56. The zero-order valence-electron chi connectivity index (χ0n) is 12.0. The molecule has 1 saturated heterocycles. The summed E-state index contributed by atoms with van der Waals surface area (Å²) in [5.74, 6) is -0.844. The highest BCUT2D eigenvalue weighted by Crippen LogP contribution is 2.19. The van der Waals surface area contributed by atoms with Crippen LogP contribution < -0.4 is 5.32 Å². The molecule has 2 N–H and O–H groups in total. The van der Waals surface area contributed by atoms with Crippen LogP contribution in [-0.2, 0) is 14.3 Å². The first-order valence-electron chi connectivity index (χ1n) is 7.43. The number of morpholine rings is 1. The van der Waals surface area contributed by atoms with E-state index in [1.165, 1.54) is 12.8 Å². The van der Waals surface area contributed by atoms with Gasteiger partial charge in [-0.25, -0.2) is 0 Å². The minimum Gasteiger partial charge on any atom is -0.481 e. The molecule has 0 radical (unpaired) electrons. The Bertz CT molecular complexity index is 355. The average molecular weight is 284 g/mol. The van der Waals surface area contributed by atoms with Gasteiger partial charge in [0.25, 0.3) is 0 Å². The van der Waals surface area contributed by atoms with Gasteiger partial charge in [-0.2, -0.15) is 0 Å². The molecule has 2 rings (SSSR count). The molecule has 1 saturated carbocycles. The Hall–Kier alpha value is -1.14. The van der Waals surface area contributed by atoms with Gasteiger partial charge in [0, 0.05) is 18.6 Å². The van der Waals surface area contributed by atoms with Crippen LogP contribution in [0.15, 0.2) is 0 Å². The van der Waals surface area contributed by atoms with Crippen molar-refractivity contribution in [3.05, 3.63) is 0 Å². The van der Waals surface area contributed by atoms with Crippen LogP contribution in [0.3, 0.4) is 0 Å². The second-order valence-corrected chi connectivity index (χ2v) is 5.73. The van der Waals surface area contributed by atoms with Crippen molar-refractivity contribution < 1.29 is 19.4 Å². The van der Waals surface area contributed by atoms with Crippen LogP contribution in [0.5, 0.6) is 0 Å². The number of rotatable bonds is 5. The van der Waals surface area contributed by atoms with E-state index in [1.54, 1.807) is 0 Å². The summed E-state index contributed by atoms with van der Waals surface area (Å²) in [5.41, 5.74) is 0. The Morgan fingerprint density at radius 1 is 1.40 bits per heavy atom. The Balaban J connectivity index is 1.91.